The topological polar surface area (TPSA) is 73.3 Å². The van der Waals surface area contributed by atoms with Gasteiger partial charge in [0.05, 0.1) is 11.6 Å². The van der Waals surface area contributed by atoms with Gasteiger partial charge in [0, 0.05) is 9.35 Å². The number of fused-ring (bicyclic) bond motifs is 3. The summed E-state index contributed by atoms with van der Waals surface area (Å²) < 4.78 is 2.19. The lowest BCUT2D eigenvalue weighted by Crippen LogP contribution is -2.22. The number of hydrogen-bond donors (Lipinski definition) is 1. The van der Waals surface area contributed by atoms with E-state index in [-0.39, 0.29) is 0 Å². The first-order valence-corrected chi connectivity index (χ1v) is 9.37. The fourth-order valence-corrected chi connectivity index (χ4v) is 4.55. The maximum Gasteiger partial charge on any atom is 0.371 e. The number of aryl methyl sites for hydroxylation is 2. The molecule has 1 aliphatic carbocycles. The Morgan fingerprint density at radius 1 is 1.25 bits per heavy atom. The Labute approximate surface area is 151 Å². The molecule has 0 saturated heterocycles. The van der Waals surface area contributed by atoms with Crippen molar-refractivity contribution in [2.75, 3.05) is 5.73 Å². The molecule has 0 unspecified atom stereocenters. The number of halogens is 1. The molecular weight excluding hydrogens is 388 g/mol. The summed E-state index contributed by atoms with van der Waals surface area (Å²) >= 11 is 4.99. The molecule has 5 nitrogen and oxygen atoms in total. The van der Waals surface area contributed by atoms with Crippen molar-refractivity contribution in [2.45, 2.75) is 25.7 Å². The van der Waals surface area contributed by atoms with Crippen molar-refractivity contribution in [1.29, 1.82) is 0 Å². The van der Waals surface area contributed by atoms with E-state index in [1.54, 1.807) is 17.6 Å². The molecule has 4 rings (SSSR count). The summed E-state index contributed by atoms with van der Waals surface area (Å²) in [6.45, 7) is 0. The Bertz CT molecular complexity index is 1000. The van der Waals surface area contributed by atoms with Gasteiger partial charge in [0.15, 0.2) is 0 Å². The van der Waals surface area contributed by atoms with Gasteiger partial charge in [-0.15, -0.1) is 11.3 Å². The van der Waals surface area contributed by atoms with Gasteiger partial charge in [-0.05, 0) is 48.9 Å². The molecule has 0 atom stereocenters. The zero-order valence-corrected chi connectivity index (χ0v) is 15.2. The van der Waals surface area contributed by atoms with E-state index in [2.05, 4.69) is 26.0 Å². The molecule has 1 aliphatic rings. The first-order chi connectivity index (χ1) is 11.6. The van der Waals surface area contributed by atoms with Crippen molar-refractivity contribution in [3.8, 4) is 0 Å². The van der Waals surface area contributed by atoms with Gasteiger partial charge in [-0.3, -0.25) is 0 Å². The minimum atomic E-state index is -0.438. The van der Waals surface area contributed by atoms with Crippen LogP contribution in [0.25, 0.3) is 10.2 Å². The van der Waals surface area contributed by atoms with E-state index in [9.17, 15) is 4.79 Å². The van der Waals surface area contributed by atoms with Crippen LogP contribution in [0.4, 0.5) is 5.82 Å². The molecule has 0 saturated carbocycles. The maximum atomic E-state index is 12.3. The predicted molar refractivity (Wildman–Crippen MR) is 102 cm³/mol. The average molecular weight is 403 g/mol. The zero-order valence-electron chi connectivity index (χ0n) is 12.8. The number of anilines is 1. The Morgan fingerprint density at radius 2 is 2.00 bits per heavy atom. The van der Waals surface area contributed by atoms with E-state index in [0.29, 0.717) is 5.82 Å². The number of thiophene rings is 1. The monoisotopic (exact) mass is 402 g/mol. The highest BCUT2D eigenvalue weighted by Gasteiger charge is 2.21. The Balaban J connectivity index is 1.83. The number of aromatic nitrogens is 2. The number of hydrogen-bond acceptors (Lipinski definition) is 5. The second-order valence-electron chi connectivity index (χ2n) is 5.78. The summed E-state index contributed by atoms with van der Waals surface area (Å²) in [6.07, 6.45) is 6.00. The second-order valence-corrected chi connectivity index (χ2v) is 7.78. The minimum Gasteiger partial charge on any atom is -0.383 e. The highest BCUT2D eigenvalue weighted by atomic mass is 79.9. The molecule has 0 aliphatic heterocycles. The molecule has 0 fully saturated rings. The van der Waals surface area contributed by atoms with Gasteiger partial charge in [0.2, 0.25) is 0 Å². The standard InChI is InChI=1S/C17H15BrN4OS/c18-11-7-5-10(6-8-11)9-20-22-15(19)14-12-3-1-2-4-13(12)24-16(14)21-17(22)23/h5-9H,1-4,19H2/b20-9+. The molecule has 0 amide bonds. The lowest BCUT2D eigenvalue weighted by atomic mass is 9.97. The van der Waals surface area contributed by atoms with Gasteiger partial charge < -0.3 is 5.73 Å². The summed E-state index contributed by atoms with van der Waals surface area (Å²) in [5.74, 6) is 0.387. The van der Waals surface area contributed by atoms with Crippen molar-refractivity contribution in [2.24, 2.45) is 5.10 Å². The largest absolute Gasteiger partial charge is 0.383 e. The third-order valence-corrected chi connectivity index (χ3v) is 5.92. The summed E-state index contributed by atoms with van der Waals surface area (Å²) in [7, 11) is 0. The van der Waals surface area contributed by atoms with Crippen LogP contribution < -0.4 is 11.4 Å². The number of nitrogens with zero attached hydrogens (tertiary/aromatic N) is 3. The van der Waals surface area contributed by atoms with Crippen LogP contribution in [0.2, 0.25) is 0 Å². The third kappa shape index (κ3) is 2.67. The molecule has 7 heteroatoms. The van der Waals surface area contributed by atoms with Gasteiger partial charge in [-0.25, -0.2) is 4.79 Å². The third-order valence-electron chi connectivity index (χ3n) is 4.21. The van der Waals surface area contributed by atoms with E-state index in [4.69, 9.17) is 5.73 Å². The molecule has 3 aromatic rings. The van der Waals surface area contributed by atoms with Crippen LogP contribution in [0.5, 0.6) is 0 Å². The molecule has 122 valence electrons. The normalized spacial score (nSPS) is 14.4. The molecule has 0 radical (unpaired) electrons. The van der Waals surface area contributed by atoms with Crippen LogP contribution in [0.1, 0.15) is 28.8 Å². The fraction of sp³-hybridized carbons (Fsp3) is 0.235. The van der Waals surface area contributed by atoms with Gasteiger partial charge in [-0.2, -0.15) is 14.8 Å². The van der Waals surface area contributed by atoms with Gasteiger partial charge >= 0.3 is 5.69 Å². The van der Waals surface area contributed by atoms with Crippen LogP contribution in [0, 0.1) is 0 Å². The fourth-order valence-electron chi connectivity index (χ4n) is 3.02. The van der Waals surface area contributed by atoms with E-state index in [1.807, 2.05) is 24.3 Å². The number of nitrogen functional groups attached to an aromatic ring is 1. The highest BCUT2D eigenvalue weighted by molar-refractivity contribution is 9.10. The lowest BCUT2D eigenvalue weighted by Gasteiger charge is -2.11. The van der Waals surface area contributed by atoms with Crippen LogP contribution in [-0.2, 0) is 12.8 Å². The van der Waals surface area contributed by atoms with Crippen LogP contribution in [0.15, 0.2) is 38.6 Å². The minimum absolute atomic E-state index is 0.387. The van der Waals surface area contributed by atoms with Crippen molar-refractivity contribution < 1.29 is 0 Å². The van der Waals surface area contributed by atoms with Gasteiger partial charge in [0.25, 0.3) is 0 Å². The maximum absolute atomic E-state index is 12.3. The van der Waals surface area contributed by atoms with Crippen molar-refractivity contribution in [1.82, 2.24) is 9.66 Å². The molecule has 2 aromatic heterocycles. The van der Waals surface area contributed by atoms with E-state index < -0.39 is 5.69 Å². The summed E-state index contributed by atoms with van der Waals surface area (Å²) in [5.41, 5.74) is 7.98. The SMILES string of the molecule is Nc1c2c3c(sc2nc(=O)n1/N=C/c1ccc(Br)cc1)CCCC3. The highest BCUT2D eigenvalue weighted by Crippen LogP contribution is 2.37. The zero-order chi connectivity index (χ0) is 16.7. The molecule has 0 spiro atoms. The first kappa shape index (κ1) is 15.5. The molecule has 0 bridgehead atoms. The van der Waals surface area contributed by atoms with Crippen molar-refractivity contribution in [3.05, 3.63) is 55.2 Å². The molecular formula is C17H15BrN4OS. The van der Waals surface area contributed by atoms with E-state index in [1.165, 1.54) is 21.5 Å². The lowest BCUT2D eigenvalue weighted by molar-refractivity contribution is 0.699. The molecule has 2 heterocycles. The second kappa shape index (κ2) is 6.14. The van der Waals surface area contributed by atoms with E-state index >= 15 is 0 Å². The summed E-state index contributed by atoms with van der Waals surface area (Å²) in [6, 6.07) is 7.66. The average Bonchev–Trinajstić information content (AvgIpc) is 2.94. The Kier molecular flexibility index (Phi) is 3.97. The molecule has 1 aromatic carbocycles. The summed E-state index contributed by atoms with van der Waals surface area (Å²) in [5, 5.41) is 5.17. The Morgan fingerprint density at radius 3 is 2.79 bits per heavy atom. The predicted octanol–water partition coefficient (Wildman–Crippen LogP) is 3.56. The van der Waals surface area contributed by atoms with E-state index in [0.717, 1.165) is 39.5 Å². The smallest absolute Gasteiger partial charge is 0.371 e. The van der Waals surface area contributed by atoms with Gasteiger partial charge in [-0.1, -0.05) is 28.1 Å². The Hall–Kier alpha value is -1.99. The van der Waals surface area contributed by atoms with Crippen molar-refractivity contribution >= 4 is 49.5 Å². The molecule has 24 heavy (non-hydrogen) atoms. The quantitative estimate of drug-likeness (QED) is 0.665. The molecule has 2 N–H and O–H groups in total. The summed E-state index contributed by atoms with van der Waals surface area (Å²) in [4.78, 5) is 18.5. The number of benzene rings is 1. The van der Waals surface area contributed by atoms with Crippen LogP contribution in [-0.4, -0.2) is 15.9 Å². The first-order valence-electron chi connectivity index (χ1n) is 7.76. The number of rotatable bonds is 2. The van der Waals surface area contributed by atoms with Crippen molar-refractivity contribution in [3.63, 3.8) is 0 Å². The number of nitrogens with two attached hydrogens (primary N) is 1. The van der Waals surface area contributed by atoms with Gasteiger partial charge in [0.1, 0.15) is 10.6 Å². The van der Waals surface area contributed by atoms with Crippen LogP contribution >= 0.6 is 27.3 Å². The van der Waals surface area contributed by atoms with Crippen LogP contribution in [0.3, 0.4) is 0 Å².